The van der Waals surface area contributed by atoms with Crippen molar-refractivity contribution in [1.82, 2.24) is 0 Å². The van der Waals surface area contributed by atoms with Crippen LogP contribution in [0.25, 0.3) is 0 Å². The SMILES string of the molecule is OC(c1ccc2c(c1)OCCO2)c1cc(F)c(Br)cc1F. The van der Waals surface area contributed by atoms with Crippen molar-refractivity contribution in [1.29, 1.82) is 0 Å². The van der Waals surface area contributed by atoms with Crippen molar-refractivity contribution in [3.05, 3.63) is 57.6 Å². The van der Waals surface area contributed by atoms with Crippen LogP contribution in [0.1, 0.15) is 17.2 Å². The van der Waals surface area contributed by atoms with Gasteiger partial charge in [0.05, 0.1) is 4.47 Å². The Kier molecular flexibility index (Phi) is 3.82. The number of aliphatic hydroxyl groups is 1. The van der Waals surface area contributed by atoms with Crippen LogP contribution in [0.2, 0.25) is 0 Å². The first-order chi connectivity index (χ1) is 10.1. The van der Waals surface area contributed by atoms with Crippen LogP contribution in [-0.4, -0.2) is 18.3 Å². The van der Waals surface area contributed by atoms with Crippen LogP contribution >= 0.6 is 15.9 Å². The predicted octanol–water partition coefficient (Wildman–Crippen LogP) is 3.58. The Bertz CT molecular complexity index is 691. The van der Waals surface area contributed by atoms with Crippen LogP contribution in [0.3, 0.4) is 0 Å². The lowest BCUT2D eigenvalue weighted by atomic mass is 10.0. The number of halogens is 3. The van der Waals surface area contributed by atoms with Crippen molar-refractivity contribution in [2.24, 2.45) is 0 Å². The van der Waals surface area contributed by atoms with E-state index in [1.165, 1.54) is 0 Å². The van der Waals surface area contributed by atoms with Crippen molar-refractivity contribution in [3.63, 3.8) is 0 Å². The molecule has 0 amide bonds. The summed E-state index contributed by atoms with van der Waals surface area (Å²) < 4.78 is 38.2. The highest BCUT2D eigenvalue weighted by Crippen LogP contribution is 2.35. The largest absolute Gasteiger partial charge is 0.486 e. The number of aliphatic hydroxyl groups excluding tert-OH is 1. The number of benzene rings is 2. The Balaban J connectivity index is 1.98. The summed E-state index contributed by atoms with van der Waals surface area (Å²) in [7, 11) is 0. The lowest BCUT2D eigenvalue weighted by Gasteiger charge is -2.20. The molecule has 1 N–H and O–H groups in total. The molecule has 2 aromatic carbocycles. The van der Waals surface area contributed by atoms with Gasteiger partial charge in [-0.15, -0.1) is 0 Å². The minimum absolute atomic E-state index is 0.0122. The molecule has 0 aromatic heterocycles. The predicted molar refractivity (Wildman–Crippen MR) is 75.6 cm³/mol. The van der Waals surface area contributed by atoms with Crippen LogP contribution in [0.15, 0.2) is 34.8 Å². The molecule has 3 nitrogen and oxygen atoms in total. The van der Waals surface area contributed by atoms with E-state index in [2.05, 4.69) is 15.9 Å². The monoisotopic (exact) mass is 356 g/mol. The first kappa shape index (κ1) is 14.3. The van der Waals surface area contributed by atoms with Gasteiger partial charge in [-0.2, -0.15) is 0 Å². The number of hydrogen-bond acceptors (Lipinski definition) is 3. The van der Waals surface area contributed by atoms with E-state index in [1.807, 2.05) is 0 Å². The van der Waals surface area contributed by atoms with Crippen molar-refractivity contribution in [2.75, 3.05) is 13.2 Å². The first-order valence-corrected chi connectivity index (χ1v) is 7.07. The number of rotatable bonds is 2. The molecular weight excluding hydrogens is 346 g/mol. The van der Waals surface area contributed by atoms with Gasteiger partial charge in [0.2, 0.25) is 0 Å². The van der Waals surface area contributed by atoms with Crippen molar-refractivity contribution in [3.8, 4) is 11.5 Å². The average Bonchev–Trinajstić information content (AvgIpc) is 2.50. The van der Waals surface area contributed by atoms with Crippen LogP contribution in [0.4, 0.5) is 8.78 Å². The molecule has 110 valence electrons. The molecule has 1 heterocycles. The molecule has 1 unspecified atom stereocenters. The molecule has 0 saturated heterocycles. The maximum atomic E-state index is 13.9. The highest BCUT2D eigenvalue weighted by molar-refractivity contribution is 9.10. The lowest BCUT2D eigenvalue weighted by molar-refractivity contribution is 0.169. The van der Waals surface area contributed by atoms with Gasteiger partial charge in [-0.25, -0.2) is 8.78 Å². The van der Waals surface area contributed by atoms with Crippen molar-refractivity contribution < 1.29 is 23.4 Å². The summed E-state index contributed by atoms with van der Waals surface area (Å²) in [5.74, 6) is -0.274. The first-order valence-electron chi connectivity index (χ1n) is 6.28. The Morgan fingerprint density at radius 3 is 2.48 bits per heavy atom. The summed E-state index contributed by atoms with van der Waals surface area (Å²) in [6, 6.07) is 6.77. The third kappa shape index (κ3) is 2.73. The molecule has 2 aromatic rings. The minimum Gasteiger partial charge on any atom is -0.486 e. The second-order valence-corrected chi connectivity index (χ2v) is 5.45. The molecule has 1 aliphatic heterocycles. The maximum absolute atomic E-state index is 13.9. The molecule has 0 saturated carbocycles. The van der Waals surface area contributed by atoms with E-state index >= 15 is 0 Å². The number of hydrogen-bond donors (Lipinski definition) is 1. The summed E-state index contributed by atoms with van der Waals surface area (Å²) in [6.07, 6.45) is -1.29. The average molecular weight is 357 g/mol. The normalized spacial score (nSPS) is 14.9. The molecule has 0 aliphatic carbocycles. The highest BCUT2D eigenvalue weighted by atomic mass is 79.9. The van der Waals surface area contributed by atoms with Gasteiger partial charge in [-0.3, -0.25) is 0 Å². The molecule has 0 spiro atoms. The fraction of sp³-hybridized carbons (Fsp3) is 0.200. The Labute approximate surface area is 128 Å². The van der Waals surface area contributed by atoms with E-state index in [0.29, 0.717) is 30.3 Å². The molecule has 1 atom stereocenters. The quantitative estimate of drug-likeness (QED) is 0.836. The summed E-state index contributed by atoms with van der Waals surface area (Å²) in [5, 5.41) is 10.3. The summed E-state index contributed by atoms with van der Waals surface area (Å²) in [5.41, 5.74) is 0.271. The van der Waals surface area contributed by atoms with Gasteiger partial charge in [0, 0.05) is 5.56 Å². The zero-order valence-corrected chi connectivity index (χ0v) is 12.4. The molecule has 3 rings (SSSR count). The third-order valence-corrected chi connectivity index (χ3v) is 3.82. The molecule has 21 heavy (non-hydrogen) atoms. The van der Waals surface area contributed by atoms with E-state index in [1.54, 1.807) is 18.2 Å². The molecular formula is C15H11BrF2O3. The number of fused-ring (bicyclic) bond motifs is 1. The number of ether oxygens (including phenoxy) is 2. The Morgan fingerprint density at radius 2 is 1.71 bits per heavy atom. The Hall–Kier alpha value is -1.66. The fourth-order valence-corrected chi connectivity index (χ4v) is 2.47. The van der Waals surface area contributed by atoms with E-state index in [-0.39, 0.29) is 10.0 Å². The van der Waals surface area contributed by atoms with Gasteiger partial charge in [0.15, 0.2) is 11.5 Å². The van der Waals surface area contributed by atoms with E-state index in [0.717, 1.165) is 12.1 Å². The van der Waals surface area contributed by atoms with Gasteiger partial charge in [-0.1, -0.05) is 6.07 Å². The standard InChI is InChI=1S/C15H11BrF2O3/c16-10-7-11(17)9(6-12(10)18)15(19)8-1-2-13-14(5-8)21-4-3-20-13/h1-2,5-7,15,19H,3-4H2. The minimum atomic E-state index is -1.29. The molecule has 0 bridgehead atoms. The Morgan fingerprint density at radius 1 is 1.00 bits per heavy atom. The highest BCUT2D eigenvalue weighted by Gasteiger charge is 2.20. The summed E-state index contributed by atoms with van der Waals surface area (Å²) in [4.78, 5) is 0. The van der Waals surface area contributed by atoms with Crippen LogP contribution in [0, 0.1) is 11.6 Å². The molecule has 1 aliphatic rings. The van der Waals surface area contributed by atoms with Crippen LogP contribution in [-0.2, 0) is 0 Å². The zero-order chi connectivity index (χ0) is 15.0. The third-order valence-electron chi connectivity index (χ3n) is 3.22. The van der Waals surface area contributed by atoms with Crippen LogP contribution < -0.4 is 9.47 Å². The van der Waals surface area contributed by atoms with Gasteiger partial charge >= 0.3 is 0 Å². The van der Waals surface area contributed by atoms with Gasteiger partial charge < -0.3 is 14.6 Å². The fourth-order valence-electron chi connectivity index (χ4n) is 2.16. The van der Waals surface area contributed by atoms with Gasteiger partial charge in [-0.05, 0) is 45.8 Å². The van der Waals surface area contributed by atoms with Gasteiger partial charge in [0.1, 0.15) is 31.0 Å². The van der Waals surface area contributed by atoms with Gasteiger partial charge in [0.25, 0.3) is 0 Å². The smallest absolute Gasteiger partial charge is 0.161 e. The second kappa shape index (κ2) is 5.61. The van der Waals surface area contributed by atoms with Crippen LogP contribution in [0.5, 0.6) is 11.5 Å². The molecule has 0 radical (unpaired) electrons. The van der Waals surface area contributed by atoms with E-state index in [9.17, 15) is 13.9 Å². The van der Waals surface area contributed by atoms with Crippen molar-refractivity contribution >= 4 is 15.9 Å². The molecule has 6 heteroatoms. The van der Waals surface area contributed by atoms with E-state index < -0.39 is 17.7 Å². The van der Waals surface area contributed by atoms with E-state index in [4.69, 9.17) is 9.47 Å². The zero-order valence-electron chi connectivity index (χ0n) is 10.8. The molecule has 0 fully saturated rings. The topological polar surface area (TPSA) is 38.7 Å². The second-order valence-electron chi connectivity index (χ2n) is 4.59. The summed E-state index contributed by atoms with van der Waals surface area (Å²) in [6.45, 7) is 0.870. The lowest BCUT2D eigenvalue weighted by Crippen LogP contribution is -2.15. The summed E-state index contributed by atoms with van der Waals surface area (Å²) >= 11 is 2.90. The maximum Gasteiger partial charge on any atom is 0.161 e. The van der Waals surface area contributed by atoms with Crippen molar-refractivity contribution in [2.45, 2.75) is 6.10 Å².